The molecule has 2 heterocycles. The van der Waals surface area contributed by atoms with Gasteiger partial charge in [0.2, 0.25) is 5.91 Å². The van der Waals surface area contributed by atoms with E-state index < -0.39 is 0 Å². The number of aryl methyl sites for hydroxylation is 1. The Labute approximate surface area is 198 Å². The van der Waals surface area contributed by atoms with E-state index >= 15 is 0 Å². The van der Waals surface area contributed by atoms with Crippen LogP contribution in [0.25, 0.3) is 10.2 Å². The molecule has 1 aliphatic rings. The minimum Gasteiger partial charge on any atom is -0.492 e. The van der Waals surface area contributed by atoms with Crippen molar-refractivity contribution in [2.75, 3.05) is 30.4 Å². The number of aromatic nitrogens is 1. The van der Waals surface area contributed by atoms with Crippen LogP contribution in [-0.2, 0) is 9.53 Å². The first-order chi connectivity index (χ1) is 15.6. The number of ether oxygens (including phenoxy) is 2. The molecule has 1 amide bonds. The van der Waals surface area contributed by atoms with Crippen LogP contribution in [0.3, 0.4) is 0 Å². The third-order valence-electron chi connectivity index (χ3n) is 5.44. The van der Waals surface area contributed by atoms with Crippen molar-refractivity contribution in [2.24, 2.45) is 0 Å². The monoisotopic (exact) mass is 470 g/mol. The molecule has 2 aromatic carbocycles. The largest absolute Gasteiger partial charge is 0.492 e. The summed E-state index contributed by atoms with van der Waals surface area (Å²) in [5.41, 5.74) is 2.09. The molecule has 0 aliphatic carbocycles. The molecule has 0 spiro atoms. The summed E-state index contributed by atoms with van der Waals surface area (Å²) in [5, 5.41) is 0.735. The molecule has 5 nitrogen and oxygen atoms in total. The van der Waals surface area contributed by atoms with Crippen molar-refractivity contribution in [1.29, 1.82) is 0 Å². The molecule has 0 radical (unpaired) electrons. The van der Waals surface area contributed by atoms with E-state index in [1.807, 2.05) is 30.0 Å². The number of hydrogen-bond acceptors (Lipinski definition) is 6. The van der Waals surface area contributed by atoms with Crippen molar-refractivity contribution in [3.63, 3.8) is 0 Å². The van der Waals surface area contributed by atoms with Gasteiger partial charge in [-0.25, -0.2) is 4.98 Å². The highest BCUT2D eigenvalue weighted by atomic mass is 32.2. The van der Waals surface area contributed by atoms with E-state index in [0.29, 0.717) is 19.6 Å². The zero-order valence-electron chi connectivity index (χ0n) is 18.7. The number of fused-ring (bicyclic) bond motifs is 1. The van der Waals surface area contributed by atoms with Gasteiger partial charge in [0.05, 0.1) is 24.0 Å². The van der Waals surface area contributed by atoms with Gasteiger partial charge in [0.15, 0.2) is 5.13 Å². The molecular formula is C25H30N2O3S2. The van der Waals surface area contributed by atoms with Gasteiger partial charge >= 0.3 is 0 Å². The third kappa shape index (κ3) is 5.82. The van der Waals surface area contributed by atoms with Gasteiger partial charge in [-0.3, -0.25) is 9.69 Å². The van der Waals surface area contributed by atoms with Crippen molar-refractivity contribution in [3.8, 4) is 5.75 Å². The molecule has 7 heteroatoms. The molecule has 1 aromatic heterocycles. The van der Waals surface area contributed by atoms with Crippen LogP contribution in [-0.4, -0.2) is 42.5 Å². The Morgan fingerprint density at radius 3 is 2.88 bits per heavy atom. The molecule has 3 aromatic rings. The lowest BCUT2D eigenvalue weighted by Gasteiger charge is -2.23. The molecule has 32 heavy (non-hydrogen) atoms. The van der Waals surface area contributed by atoms with Gasteiger partial charge in [-0.1, -0.05) is 35.1 Å². The Bertz CT molecular complexity index is 1030. The summed E-state index contributed by atoms with van der Waals surface area (Å²) < 4.78 is 12.6. The molecule has 4 rings (SSSR count). The number of rotatable bonds is 10. The highest BCUT2D eigenvalue weighted by Crippen LogP contribution is 2.35. The second-order valence-corrected chi connectivity index (χ2v) is 10.1. The fraction of sp³-hybridized carbons (Fsp3) is 0.440. The van der Waals surface area contributed by atoms with Crippen molar-refractivity contribution in [2.45, 2.75) is 50.5 Å². The van der Waals surface area contributed by atoms with E-state index in [-0.39, 0.29) is 12.0 Å². The third-order valence-corrected chi connectivity index (χ3v) is 7.58. The Hall–Kier alpha value is -2.09. The average molecular weight is 471 g/mol. The minimum absolute atomic E-state index is 0.0826. The molecule has 0 saturated carbocycles. The maximum absolute atomic E-state index is 13.3. The predicted molar refractivity (Wildman–Crippen MR) is 133 cm³/mol. The molecule has 170 valence electrons. The summed E-state index contributed by atoms with van der Waals surface area (Å²) in [6.07, 6.45) is 3.45. The number of para-hydroxylation sites is 1. The lowest BCUT2D eigenvalue weighted by atomic mass is 10.2. The first kappa shape index (κ1) is 23.1. The zero-order valence-corrected chi connectivity index (χ0v) is 20.3. The van der Waals surface area contributed by atoms with Crippen LogP contribution < -0.4 is 9.64 Å². The van der Waals surface area contributed by atoms with Crippen LogP contribution in [0.1, 0.15) is 38.2 Å². The SMILES string of the molecule is CCOc1cccc2sc(N(CC3CCCO3)C(=O)CCCSc3ccc(C)cc3)nc12. The number of nitrogens with zero attached hydrogens (tertiary/aromatic N) is 2. The highest BCUT2D eigenvalue weighted by molar-refractivity contribution is 7.99. The molecule has 1 aliphatic heterocycles. The van der Waals surface area contributed by atoms with E-state index in [4.69, 9.17) is 14.5 Å². The maximum Gasteiger partial charge on any atom is 0.228 e. The van der Waals surface area contributed by atoms with Gasteiger partial charge in [-0.15, -0.1) is 11.8 Å². The number of thiazole rings is 1. The first-order valence-electron chi connectivity index (χ1n) is 11.3. The number of benzene rings is 2. The van der Waals surface area contributed by atoms with Gasteiger partial charge < -0.3 is 9.47 Å². The fourth-order valence-corrected chi connectivity index (χ4v) is 5.62. The van der Waals surface area contributed by atoms with Gasteiger partial charge in [-0.2, -0.15) is 0 Å². The Morgan fingerprint density at radius 2 is 2.12 bits per heavy atom. The predicted octanol–water partition coefficient (Wildman–Crippen LogP) is 6.09. The van der Waals surface area contributed by atoms with E-state index in [1.54, 1.807) is 23.1 Å². The smallest absolute Gasteiger partial charge is 0.228 e. The molecule has 1 saturated heterocycles. The molecule has 1 atom stereocenters. The summed E-state index contributed by atoms with van der Waals surface area (Å²) >= 11 is 3.35. The zero-order chi connectivity index (χ0) is 22.3. The van der Waals surface area contributed by atoms with E-state index in [1.165, 1.54) is 10.5 Å². The number of thioether (sulfide) groups is 1. The molecule has 1 fully saturated rings. The fourth-order valence-electron chi connectivity index (χ4n) is 3.76. The van der Waals surface area contributed by atoms with Gasteiger partial charge in [0.1, 0.15) is 11.3 Å². The number of carbonyl (C=O) groups excluding carboxylic acids is 1. The van der Waals surface area contributed by atoms with Crippen LogP contribution in [0.5, 0.6) is 5.75 Å². The van der Waals surface area contributed by atoms with Crippen molar-refractivity contribution >= 4 is 44.4 Å². The second kappa shape index (κ2) is 11.2. The normalized spacial score (nSPS) is 15.9. The second-order valence-electron chi connectivity index (χ2n) is 7.94. The molecular weight excluding hydrogens is 440 g/mol. The highest BCUT2D eigenvalue weighted by Gasteiger charge is 2.26. The number of hydrogen-bond donors (Lipinski definition) is 0. The van der Waals surface area contributed by atoms with E-state index in [2.05, 4.69) is 31.2 Å². The van der Waals surface area contributed by atoms with Crippen LogP contribution in [0.2, 0.25) is 0 Å². The van der Waals surface area contributed by atoms with Crippen LogP contribution in [0.4, 0.5) is 5.13 Å². The van der Waals surface area contributed by atoms with Crippen LogP contribution in [0.15, 0.2) is 47.4 Å². The van der Waals surface area contributed by atoms with Crippen molar-refractivity contribution < 1.29 is 14.3 Å². The Morgan fingerprint density at radius 1 is 1.28 bits per heavy atom. The topological polar surface area (TPSA) is 51.7 Å². The first-order valence-corrected chi connectivity index (χ1v) is 13.1. The quantitative estimate of drug-likeness (QED) is 0.265. The summed E-state index contributed by atoms with van der Waals surface area (Å²) in [4.78, 5) is 21.2. The van der Waals surface area contributed by atoms with Gasteiger partial charge in [0, 0.05) is 17.9 Å². The van der Waals surface area contributed by atoms with Crippen LogP contribution >= 0.6 is 23.1 Å². The number of amides is 1. The van der Waals surface area contributed by atoms with Crippen molar-refractivity contribution in [1.82, 2.24) is 4.98 Å². The summed E-state index contributed by atoms with van der Waals surface area (Å²) in [6, 6.07) is 14.5. The Kier molecular flexibility index (Phi) is 8.05. The summed E-state index contributed by atoms with van der Waals surface area (Å²) in [5.74, 6) is 1.80. The lowest BCUT2D eigenvalue weighted by Crippen LogP contribution is -2.37. The Balaban J connectivity index is 1.45. The van der Waals surface area contributed by atoms with Crippen molar-refractivity contribution in [3.05, 3.63) is 48.0 Å². The maximum atomic E-state index is 13.3. The summed E-state index contributed by atoms with van der Waals surface area (Å²) in [6.45, 7) is 5.98. The summed E-state index contributed by atoms with van der Waals surface area (Å²) in [7, 11) is 0. The molecule has 1 unspecified atom stereocenters. The van der Waals surface area contributed by atoms with E-state index in [9.17, 15) is 4.79 Å². The molecule has 0 bridgehead atoms. The average Bonchev–Trinajstić information content (AvgIpc) is 3.46. The number of anilines is 1. The lowest BCUT2D eigenvalue weighted by molar-refractivity contribution is -0.119. The minimum atomic E-state index is 0.0826. The van der Waals surface area contributed by atoms with Gasteiger partial charge in [0.25, 0.3) is 0 Å². The standard InChI is InChI=1S/C25H30N2O3S2/c1-3-29-21-8-4-9-22-24(21)26-25(32-22)27(17-19-7-5-15-30-19)23(28)10-6-16-31-20-13-11-18(2)12-14-20/h4,8-9,11-14,19H,3,5-7,10,15-17H2,1-2H3. The number of carbonyl (C=O) groups is 1. The molecule has 0 N–H and O–H groups in total. The van der Waals surface area contributed by atoms with Crippen LogP contribution in [0, 0.1) is 6.92 Å². The van der Waals surface area contributed by atoms with E-state index in [0.717, 1.165) is 52.7 Å². The van der Waals surface area contributed by atoms with Gasteiger partial charge in [-0.05, 0) is 63.1 Å².